The first-order chi connectivity index (χ1) is 17.5. The van der Waals surface area contributed by atoms with E-state index in [9.17, 15) is 34.8 Å². The Kier molecular flexibility index (Phi) is 5.86. The summed E-state index contributed by atoms with van der Waals surface area (Å²) in [6, 6.07) is 8.56. The number of Topliss-reactive ketones (excluding diaryl/α,β-unsaturated/α-hetero) is 2. The Hall–Kier alpha value is -3.73. The van der Waals surface area contributed by atoms with Gasteiger partial charge in [-0.3, -0.25) is 14.4 Å². The highest BCUT2D eigenvalue weighted by molar-refractivity contribution is 6.24. The molecule has 37 heavy (non-hydrogen) atoms. The summed E-state index contributed by atoms with van der Waals surface area (Å²) < 4.78 is 5.35. The minimum atomic E-state index is -2.60. The summed E-state index contributed by atoms with van der Waals surface area (Å²) in [5.41, 5.74) is 11.2. The SMILES string of the molecule is COc1ccc(-c2ccc(O)c3c2C[C@H]2C[C@H]4CC(O)C(C(N)=O)C(=O)[C@@]4(O)C(=O)C2=C3O)cc1CN. The Morgan fingerprint density at radius 2 is 1.89 bits per heavy atom. The van der Waals surface area contributed by atoms with E-state index < -0.39 is 52.7 Å². The van der Waals surface area contributed by atoms with Crippen molar-refractivity contribution in [2.75, 3.05) is 7.11 Å². The molecule has 0 saturated heterocycles. The van der Waals surface area contributed by atoms with Crippen molar-refractivity contribution in [3.63, 3.8) is 0 Å². The molecule has 194 valence electrons. The number of methoxy groups -OCH3 is 1. The smallest absolute Gasteiger partial charge is 0.230 e. The molecule has 2 aromatic rings. The van der Waals surface area contributed by atoms with Crippen LogP contribution in [0.15, 0.2) is 35.9 Å². The maximum absolute atomic E-state index is 13.6. The van der Waals surface area contributed by atoms with Crippen LogP contribution in [-0.4, -0.2) is 56.7 Å². The second-order valence-electron chi connectivity index (χ2n) is 9.96. The Labute approximate surface area is 212 Å². The number of primary amides is 1. The molecule has 8 N–H and O–H groups in total. The fourth-order valence-corrected chi connectivity index (χ4v) is 6.30. The van der Waals surface area contributed by atoms with Gasteiger partial charge in [0, 0.05) is 23.6 Å². The molecule has 0 heterocycles. The van der Waals surface area contributed by atoms with Crippen LogP contribution >= 0.6 is 0 Å². The summed E-state index contributed by atoms with van der Waals surface area (Å²) in [5.74, 6) is -6.78. The monoisotopic (exact) mass is 508 g/mol. The van der Waals surface area contributed by atoms with Crippen LogP contribution in [0.5, 0.6) is 11.5 Å². The molecule has 0 bridgehead atoms. The third-order valence-electron chi connectivity index (χ3n) is 8.08. The van der Waals surface area contributed by atoms with Gasteiger partial charge in [0.25, 0.3) is 0 Å². The van der Waals surface area contributed by atoms with E-state index in [1.807, 2.05) is 12.1 Å². The zero-order valence-electron chi connectivity index (χ0n) is 20.1. The van der Waals surface area contributed by atoms with Crippen molar-refractivity contribution < 1.29 is 39.5 Å². The molecule has 10 nitrogen and oxygen atoms in total. The van der Waals surface area contributed by atoms with E-state index in [4.69, 9.17) is 16.2 Å². The van der Waals surface area contributed by atoms with Gasteiger partial charge in [-0.25, -0.2) is 0 Å². The van der Waals surface area contributed by atoms with Gasteiger partial charge in [0.1, 0.15) is 23.2 Å². The van der Waals surface area contributed by atoms with Gasteiger partial charge in [0.2, 0.25) is 11.7 Å². The zero-order chi connectivity index (χ0) is 26.8. The first-order valence-corrected chi connectivity index (χ1v) is 12.0. The van der Waals surface area contributed by atoms with Crippen molar-refractivity contribution in [1.82, 2.24) is 0 Å². The Morgan fingerprint density at radius 3 is 2.54 bits per heavy atom. The lowest BCUT2D eigenvalue weighted by Gasteiger charge is -2.48. The van der Waals surface area contributed by atoms with Crippen molar-refractivity contribution in [2.24, 2.45) is 29.2 Å². The molecule has 2 aromatic carbocycles. The number of aliphatic hydroxyl groups excluding tert-OH is 2. The van der Waals surface area contributed by atoms with Gasteiger partial charge in [0.05, 0.1) is 18.8 Å². The number of fused-ring (bicyclic) bond motifs is 3. The van der Waals surface area contributed by atoms with Gasteiger partial charge in [0.15, 0.2) is 11.4 Å². The summed E-state index contributed by atoms with van der Waals surface area (Å²) in [4.78, 5) is 38.5. The van der Waals surface area contributed by atoms with Gasteiger partial charge in [-0.2, -0.15) is 0 Å². The summed E-state index contributed by atoms with van der Waals surface area (Å²) in [5, 5.41) is 43.7. The molecule has 0 radical (unpaired) electrons. The molecular formula is C27H28N2O8. The summed E-state index contributed by atoms with van der Waals surface area (Å²) >= 11 is 0. The maximum atomic E-state index is 13.6. The van der Waals surface area contributed by atoms with Crippen LogP contribution in [0.4, 0.5) is 0 Å². The van der Waals surface area contributed by atoms with E-state index in [0.29, 0.717) is 16.9 Å². The molecule has 3 aliphatic carbocycles. The normalized spacial score (nSPS) is 28.9. The van der Waals surface area contributed by atoms with Gasteiger partial charge in [-0.1, -0.05) is 12.1 Å². The largest absolute Gasteiger partial charge is 0.507 e. The number of benzene rings is 2. The number of hydrogen-bond acceptors (Lipinski definition) is 9. The van der Waals surface area contributed by atoms with Crippen LogP contribution in [0.1, 0.15) is 29.5 Å². The Balaban J connectivity index is 1.66. The number of phenols is 1. The maximum Gasteiger partial charge on any atom is 0.230 e. The average Bonchev–Trinajstić information content (AvgIpc) is 2.85. The van der Waals surface area contributed by atoms with Crippen molar-refractivity contribution in [3.05, 3.63) is 52.6 Å². The van der Waals surface area contributed by atoms with Crippen molar-refractivity contribution in [1.29, 1.82) is 0 Å². The molecule has 5 rings (SSSR count). The molecule has 10 heteroatoms. The second kappa shape index (κ2) is 8.69. The first kappa shape index (κ1) is 24.9. The van der Waals surface area contributed by atoms with Crippen molar-refractivity contribution >= 4 is 23.2 Å². The lowest BCUT2D eigenvalue weighted by molar-refractivity contribution is -0.174. The number of aliphatic hydroxyl groups is 3. The highest BCUT2D eigenvalue weighted by Crippen LogP contribution is 2.52. The molecule has 2 saturated carbocycles. The van der Waals surface area contributed by atoms with E-state index in [1.54, 1.807) is 19.2 Å². The van der Waals surface area contributed by atoms with E-state index in [-0.39, 0.29) is 42.7 Å². The number of carbonyl (C=O) groups is 3. The standard InChI is InChI=1S/C27H28N2O8/c1-37-19-5-2-11(6-13(19)10-28)15-3-4-17(30)21-16(15)8-12-7-14-9-18(31)22(26(29)35)25(34)27(14,36)24(33)20(12)23(21)32/h2-6,12,14,18,22,30-32,36H,7-10,28H2,1H3,(H2,29,35)/t12-,14+,18?,22?,27+/m1/s1. The predicted octanol–water partition coefficient (Wildman–Crippen LogP) is 0.723. The minimum absolute atomic E-state index is 0.0408. The molecule has 0 spiro atoms. The number of aromatic hydroxyl groups is 1. The molecular weight excluding hydrogens is 480 g/mol. The minimum Gasteiger partial charge on any atom is -0.507 e. The van der Waals surface area contributed by atoms with Gasteiger partial charge < -0.3 is 36.6 Å². The summed E-state index contributed by atoms with van der Waals surface area (Å²) in [6.45, 7) is 0.229. The lowest BCUT2D eigenvalue weighted by Crippen LogP contribution is -2.66. The predicted molar refractivity (Wildman–Crippen MR) is 131 cm³/mol. The highest BCUT2D eigenvalue weighted by atomic mass is 16.5. The molecule has 1 amide bonds. The Morgan fingerprint density at radius 1 is 1.16 bits per heavy atom. The van der Waals surface area contributed by atoms with Crippen LogP contribution in [-0.2, 0) is 27.3 Å². The highest BCUT2D eigenvalue weighted by Gasteiger charge is 2.63. The van der Waals surface area contributed by atoms with Crippen molar-refractivity contribution in [2.45, 2.75) is 37.5 Å². The van der Waals surface area contributed by atoms with Gasteiger partial charge in [-0.05, 0) is 60.1 Å². The zero-order valence-corrected chi connectivity index (χ0v) is 20.1. The third-order valence-corrected chi connectivity index (χ3v) is 8.08. The number of amides is 1. The van der Waals surface area contributed by atoms with Crippen LogP contribution < -0.4 is 16.2 Å². The Bertz CT molecular complexity index is 1380. The van der Waals surface area contributed by atoms with Crippen LogP contribution in [0.3, 0.4) is 0 Å². The van der Waals surface area contributed by atoms with Gasteiger partial charge in [-0.15, -0.1) is 0 Å². The molecule has 0 aliphatic heterocycles. The number of carbonyl (C=O) groups excluding carboxylic acids is 3. The third kappa shape index (κ3) is 3.47. The molecule has 3 aliphatic rings. The molecule has 2 fully saturated rings. The van der Waals surface area contributed by atoms with Crippen LogP contribution in [0, 0.1) is 17.8 Å². The van der Waals surface area contributed by atoms with Gasteiger partial charge >= 0.3 is 0 Å². The summed E-state index contributed by atoms with van der Waals surface area (Å²) in [6.07, 6.45) is -1.28. The van der Waals surface area contributed by atoms with Crippen LogP contribution in [0.2, 0.25) is 0 Å². The van der Waals surface area contributed by atoms with Crippen molar-refractivity contribution in [3.8, 4) is 22.6 Å². The first-order valence-electron chi connectivity index (χ1n) is 12.0. The van der Waals surface area contributed by atoms with E-state index in [0.717, 1.165) is 11.1 Å². The molecule has 5 atom stereocenters. The van der Waals surface area contributed by atoms with E-state index in [2.05, 4.69) is 0 Å². The number of nitrogens with two attached hydrogens (primary N) is 2. The number of rotatable bonds is 4. The number of phenolic OH excluding ortho intramolecular Hbond substituents is 1. The van der Waals surface area contributed by atoms with Crippen LogP contribution in [0.25, 0.3) is 16.9 Å². The molecule has 0 aromatic heterocycles. The fraction of sp³-hybridized carbons (Fsp3) is 0.370. The van der Waals surface area contributed by atoms with E-state index >= 15 is 0 Å². The summed E-state index contributed by atoms with van der Waals surface area (Å²) in [7, 11) is 1.54. The second-order valence-corrected chi connectivity index (χ2v) is 9.96. The lowest BCUT2D eigenvalue weighted by atomic mass is 9.56. The topological polar surface area (TPSA) is 193 Å². The molecule has 2 unspecified atom stereocenters. The number of ketones is 2. The van der Waals surface area contributed by atoms with E-state index in [1.165, 1.54) is 6.07 Å². The fourth-order valence-electron chi connectivity index (χ4n) is 6.30. The average molecular weight is 509 g/mol. The number of ether oxygens (including phenoxy) is 1. The number of hydrogen-bond donors (Lipinski definition) is 6. The quantitative estimate of drug-likeness (QED) is 0.323.